The van der Waals surface area contributed by atoms with Gasteiger partial charge in [0, 0.05) is 33.3 Å². The third-order valence-electron chi connectivity index (χ3n) is 3.71. The van der Waals surface area contributed by atoms with Crippen molar-refractivity contribution in [1.82, 2.24) is 5.32 Å². The summed E-state index contributed by atoms with van der Waals surface area (Å²) in [7, 11) is 1.63. The largest absolute Gasteiger partial charge is 0.376 e. The van der Waals surface area contributed by atoms with Gasteiger partial charge in [0.05, 0.1) is 6.10 Å². The van der Waals surface area contributed by atoms with Gasteiger partial charge in [0.2, 0.25) is 5.91 Å². The third-order valence-corrected chi connectivity index (χ3v) is 3.71. The van der Waals surface area contributed by atoms with Crippen LogP contribution >= 0.6 is 0 Å². The van der Waals surface area contributed by atoms with Gasteiger partial charge < -0.3 is 30.0 Å². The fraction of sp³-hybridized carbons (Fsp3) is 0.933. The molecule has 1 rings (SSSR count). The van der Waals surface area contributed by atoms with Crippen LogP contribution in [0.15, 0.2) is 0 Å². The van der Waals surface area contributed by atoms with Crippen molar-refractivity contribution in [3.8, 4) is 0 Å². The van der Waals surface area contributed by atoms with E-state index >= 15 is 0 Å². The van der Waals surface area contributed by atoms with E-state index in [1.165, 1.54) is 0 Å². The Morgan fingerprint density at radius 2 is 1.86 bits per heavy atom. The van der Waals surface area contributed by atoms with Crippen LogP contribution in [-0.4, -0.2) is 63.4 Å². The minimum absolute atomic E-state index is 0.138. The molecule has 7 heteroatoms. The molecule has 22 heavy (non-hydrogen) atoms. The molecule has 0 radical (unpaired) electrons. The SMILES string of the molecule is CCOC1OC(CC)[C@H](OC)[C@H](OCC)C1NC(=O)CCN. The van der Waals surface area contributed by atoms with Gasteiger partial charge in [-0.15, -0.1) is 0 Å². The number of nitrogens with two attached hydrogens (primary N) is 1. The van der Waals surface area contributed by atoms with Crippen LogP contribution < -0.4 is 11.1 Å². The summed E-state index contributed by atoms with van der Waals surface area (Å²) < 4.78 is 23.1. The van der Waals surface area contributed by atoms with E-state index in [2.05, 4.69) is 5.32 Å². The summed E-state index contributed by atoms with van der Waals surface area (Å²) in [5, 5.41) is 2.92. The molecule has 0 spiro atoms. The molecule has 7 nitrogen and oxygen atoms in total. The van der Waals surface area contributed by atoms with Crippen LogP contribution in [0.4, 0.5) is 0 Å². The maximum absolute atomic E-state index is 12.0. The fourth-order valence-corrected chi connectivity index (χ4v) is 2.76. The van der Waals surface area contributed by atoms with Gasteiger partial charge in [-0.2, -0.15) is 0 Å². The average molecular weight is 318 g/mol. The Balaban J connectivity index is 2.96. The van der Waals surface area contributed by atoms with Crippen molar-refractivity contribution in [2.75, 3.05) is 26.9 Å². The molecule has 0 aromatic carbocycles. The van der Waals surface area contributed by atoms with E-state index in [0.29, 0.717) is 19.8 Å². The molecule has 0 saturated carbocycles. The van der Waals surface area contributed by atoms with Gasteiger partial charge in [0.1, 0.15) is 18.2 Å². The number of hydrogen-bond donors (Lipinski definition) is 2. The van der Waals surface area contributed by atoms with Gasteiger partial charge in [-0.05, 0) is 20.3 Å². The van der Waals surface area contributed by atoms with Gasteiger partial charge >= 0.3 is 0 Å². The third kappa shape index (κ3) is 4.89. The molecule has 1 amide bonds. The van der Waals surface area contributed by atoms with Crippen LogP contribution in [0, 0.1) is 0 Å². The smallest absolute Gasteiger partial charge is 0.221 e. The molecule has 5 atom stereocenters. The number of carbonyl (C=O) groups excluding carboxylic acids is 1. The summed E-state index contributed by atoms with van der Waals surface area (Å²) in [5.74, 6) is -0.143. The molecule has 3 N–H and O–H groups in total. The van der Waals surface area contributed by atoms with Gasteiger partial charge in [0.25, 0.3) is 0 Å². The van der Waals surface area contributed by atoms with Gasteiger partial charge in [0.15, 0.2) is 6.29 Å². The summed E-state index contributed by atoms with van der Waals surface area (Å²) in [6, 6.07) is -0.424. The lowest BCUT2D eigenvalue weighted by atomic mass is 9.94. The predicted molar refractivity (Wildman–Crippen MR) is 82.4 cm³/mol. The summed E-state index contributed by atoms with van der Waals surface area (Å²) in [5.41, 5.74) is 5.44. The fourth-order valence-electron chi connectivity index (χ4n) is 2.76. The Morgan fingerprint density at radius 1 is 1.18 bits per heavy atom. The molecule has 0 aliphatic carbocycles. The number of ether oxygens (including phenoxy) is 4. The number of nitrogens with one attached hydrogen (secondary N) is 1. The van der Waals surface area contributed by atoms with E-state index in [1.54, 1.807) is 7.11 Å². The highest BCUT2D eigenvalue weighted by atomic mass is 16.7. The zero-order valence-corrected chi connectivity index (χ0v) is 14.0. The Labute approximate surface area is 132 Å². The summed E-state index contributed by atoms with van der Waals surface area (Å²) in [6.07, 6.45) is -0.254. The van der Waals surface area contributed by atoms with Crippen LogP contribution in [0.1, 0.15) is 33.6 Å². The monoisotopic (exact) mass is 318 g/mol. The Kier molecular flexibility index (Phi) is 8.89. The lowest BCUT2D eigenvalue weighted by molar-refractivity contribution is -0.274. The maximum atomic E-state index is 12.0. The quantitative estimate of drug-likeness (QED) is 0.640. The molecule has 1 saturated heterocycles. The van der Waals surface area contributed by atoms with Gasteiger partial charge in [-0.3, -0.25) is 4.79 Å². The highest BCUT2D eigenvalue weighted by Gasteiger charge is 2.47. The van der Waals surface area contributed by atoms with Crippen molar-refractivity contribution < 1.29 is 23.7 Å². The predicted octanol–water partition coefficient (Wildman–Crippen LogP) is 0.412. The van der Waals surface area contributed by atoms with E-state index in [0.717, 1.165) is 6.42 Å². The molecule has 0 bridgehead atoms. The second-order valence-corrected chi connectivity index (χ2v) is 5.16. The highest BCUT2D eigenvalue weighted by Crippen LogP contribution is 2.28. The van der Waals surface area contributed by atoms with Crippen molar-refractivity contribution in [2.24, 2.45) is 5.73 Å². The van der Waals surface area contributed by atoms with E-state index in [9.17, 15) is 4.79 Å². The van der Waals surface area contributed by atoms with Crippen LogP contribution in [-0.2, 0) is 23.7 Å². The van der Waals surface area contributed by atoms with E-state index < -0.39 is 12.3 Å². The molecule has 3 unspecified atom stereocenters. The zero-order chi connectivity index (χ0) is 16.5. The van der Waals surface area contributed by atoms with E-state index in [-0.39, 0.29) is 30.6 Å². The first kappa shape index (κ1) is 19.3. The normalized spacial score (nSPS) is 32.0. The molecular weight excluding hydrogens is 288 g/mol. The first-order valence-electron chi connectivity index (χ1n) is 8.03. The zero-order valence-electron chi connectivity index (χ0n) is 14.0. The standard InChI is InChI=1S/C15H30N2O5/c1-5-10-13(19-4)14(20-6-2)12(15(22-10)21-7-3)17-11(18)8-9-16/h10,12-15H,5-9,16H2,1-4H3,(H,17,18)/t10?,12?,13-,14+,15?/m0/s1. The topological polar surface area (TPSA) is 92.0 Å². The molecule has 130 valence electrons. The molecule has 1 heterocycles. The molecule has 1 aliphatic rings. The summed E-state index contributed by atoms with van der Waals surface area (Å²) in [4.78, 5) is 12.0. The minimum Gasteiger partial charge on any atom is -0.376 e. The Bertz CT molecular complexity index is 329. The van der Waals surface area contributed by atoms with Crippen LogP contribution in [0.3, 0.4) is 0 Å². The number of methoxy groups -OCH3 is 1. The van der Waals surface area contributed by atoms with Crippen LogP contribution in [0.25, 0.3) is 0 Å². The molecule has 1 fully saturated rings. The van der Waals surface area contributed by atoms with E-state index in [1.807, 2.05) is 20.8 Å². The highest BCUT2D eigenvalue weighted by molar-refractivity contribution is 5.76. The van der Waals surface area contributed by atoms with Crippen molar-refractivity contribution in [1.29, 1.82) is 0 Å². The summed E-state index contributed by atoms with van der Waals surface area (Å²) in [6.45, 7) is 7.13. The minimum atomic E-state index is -0.556. The molecule has 1 aliphatic heterocycles. The average Bonchev–Trinajstić information content (AvgIpc) is 2.50. The van der Waals surface area contributed by atoms with Crippen molar-refractivity contribution >= 4 is 5.91 Å². The molecular formula is C15H30N2O5. The van der Waals surface area contributed by atoms with Crippen molar-refractivity contribution in [3.63, 3.8) is 0 Å². The van der Waals surface area contributed by atoms with Gasteiger partial charge in [-0.25, -0.2) is 0 Å². The number of hydrogen-bond acceptors (Lipinski definition) is 6. The summed E-state index contributed by atoms with van der Waals surface area (Å²) >= 11 is 0. The first-order chi connectivity index (χ1) is 10.6. The van der Waals surface area contributed by atoms with Crippen LogP contribution in [0.5, 0.6) is 0 Å². The lowest BCUT2D eigenvalue weighted by Crippen LogP contribution is -2.65. The number of rotatable bonds is 9. The van der Waals surface area contributed by atoms with E-state index in [4.69, 9.17) is 24.7 Å². The van der Waals surface area contributed by atoms with Crippen molar-refractivity contribution in [3.05, 3.63) is 0 Å². The van der Waals surface area contributed by atoms with Crippen LogP contribution in [0.2, 0.25) is 0 Å². The van der Waals surface area contributed by atoms with Gasteiger partial charge in [-0.1, -0.05) is 6.92 Å². The Morgan fingerprint density at radius 3 is 2.36 bits per heavy atom. The molecule has 0 aromatic heterocycles. The number of carbonyl (C=O) groups is 1. The van der Waals surface area contributed by atoms with Crippen molar-refractivity contribution in [2.45, 2.75) is 64.3 Å². The lowest BCUT2D eigenvalue weighted by Gasteiger charge is -2.45. The first-order valence-corrected chi connectivity index (χ1v) is 8.03. The molecule has 0 aromatic rings. The Hall–Kier alpha value is -0.730. The second-order valence-electron chi connectivity index (χ2n) is 5.16. The number of amides is 1. The second kappa shape index (κ2) is 10.1. The maximum Gasteiger partial charge on any atom is 0.221 e.